The number of imidazole rings is 1. The molecule has 1 saturated heterocycles. The molecule has 1 aliphatic rings. The van der Waals surface area contributed by atoms with E-state index in [1.54, 1.807) is 9.80 Å². The number of rotatable bonds is 3. The van der Waals surface area contributed by atoms with Crippen LogP contribution < -0.4 is 0 Å². The van der Waals surface area contributed by atoms with Crippen molar-refractivity contribution in [2.45, 2.75) is 32.9 Å². The minimum Gasteiger partial charge on any atom is -0.358 e. The summed E-state index contributed by atoms with van der Waals surface area (Å²) in [5.41, 5.74) is -0.430. The Morgan fingerprint density at radius 1 is 1.41 bits per heavy atom. The maximum atomic E-state index is 12.3. The minimum absolute atomic E-state index is 0.00298. The van der Waals surface area contributed by atoms with Crippen molar-refractivity contribution in [2.75, 3.05) is 19.6 Å². The van der Waals surface area contributed by atoms with Crippen LogP contribution in [0.4, 0.5) is 5.82 Å². The first-order valence-corrected chi connectivity index (χ1v) is 6.93. The average molecular weight is 309 g/mol. The summed E-state index contributed by atoms with van der Waals surface area (Å²) in [4.78, 5) is 40.9. The molecule has 0 spiro atoms. The Bertz CT molecular complexity index is 609. The normalized spacial score (nSPS) is 17.4. The van der Waals surface area contributed by atoms with Crippen LogP contribution in [0.2, 0.25) is 0 Å². The summed E-state index contributed by atoms with van der Waals surface area (Å²) in [6.07, 6.45) is 2.50. The van der Waals surface area contributed by atoms with E-state index in [9.17, 15) is 19.7 Å². The van der Waals surface area contributed by atoms with Crippen LogP contribution >= 0.6 is 0 Å². The summed E-state index contributed by atoms with van der Waals surface area (Å²) in [5, 5.41) is 10.6. The third-order valence-corrected chi connectivity index (χ3v) is 3.76. The van der Waals surface area contributed by atoms with Crippen LogP contribution in [0.25, 0.3) is 0 Å². The Balaban J connectivity index is 2.01. The predicted molar refractivity (Wildman–Crippen MR) is 76.9 cm³/mol. The van der Waals surface area contributed by atoms with E-state index in [-0.39, 0.29) is 24.2 Å². The van der Waals surface area contributed by atoms with Crippen molar-refractivity contribution in [3.8, 4) is 0 Å². The number of carbonyl (C=O) groups is 2. The van der Waals surface area contributed by atoms with Gasteiger partial charge in [-0.2, -0.15) is 0 Å². The van der Waals surface area contributed by atoms with Gasteiger partial charge in [-0.1, -0.05) is 0 Å². The maximum absolute atomic E-state index is 12.3. The van der Waals surface area contributed by atoms with E-state index in [0.29, 0.717) is 19.6 Å². The Labute approximate surface area is 127 Å². The van der Waals surface area contributed by atoms with Gasteiger partial charge >= 0.3 is 5.82 Å². The van der Waals surface area contributed by atoms with Crippen molar-refractivity contribution in [1.82, 2.24) is 19.4 Å². The quantitative estimate of drug-likeness (QED) is 0.589. The molecule has 0 bridgehead atoms. The van der Waals surface area contributed by atoms with Crippen molar-refractivity contribution in [3.63, 3.8) is 0 Å². The Morgan fingerprint density at radius 2 is 2.09 bits per heavy atom. The number of hydrogen-bond acceptors (Lipinski definition) is 5. The van der Waals surface area contributed by atoms with Gasteiger partial charge in [0.1, 0.15) is 12.7 Å². The molecule has 1 aromatic heterocycles. The van der Waals surface area contributed by atoms with E-state index < -0.39 is 10.5 Å². The first-order valence-electron chi connectivity index (χ1n) is 6.93. The molecule has 0 radical (unpaired) electrons. The van der Waals surface area contributed by atoms with Gasteiger partial charge in [-0.15, -0.1) is 0 Å². The van der Waals surface area contributed by atoms with Crippen molar-refractivity contribution >= 4 is 17.6 Å². The Kier molecular flexibility index (Phi) is 4.16. The van der Waals surface area contributed by atoms with E-state index >= 15 is 0 Å². The van der Waals surface area contributed by atoms with Crippen molar-refractivity contribution in [2.24, 2.45) is 0 Å². The highest BCUT2D eigenvalue weighted by Crippen LogP contribution is 2.21. The molecular weight excluding hydrogens is 290 g/mol. The highest BCUT2D eigenvalue weighted by Gasteiger charge is 2.36. The number of amides is 2. The van der Waals surface area contributed by atoms with Gasteiger partial charge in [0.25, 0.3) is 0 Å². The number of hydrogen-bond donors (Lipinski definition) is 0. The third kappa shape index (κ3) is 3.23. The maximum Gasteiger partial charge on any atom is 0.381 e. The largest absolute Gasteiger partial charge is 0.381 e. The van der Waals surface area contributed by atoms with E-state index in [2.05, 4.69) is 4.98 Å². The Morgan fingerprint density at radius 3 is 2.59 bits per heavy atom. The molecule has 0 N–H and O–H groups in total. The van der Waals surface area contributed by atoms with E-state index in [1.807, 2.05) is 13.8 Å². The molecule has 1 aliphatic heterocycles. The lowest BCUT2D eigenvalue weighted by Gasteiger charge is -2.46. The highest BCUT2D eigenvalue weighted by atomic mass is 16.6. The van der Waals surface area contributed by atoms with Crippen LogP contribution in [0.3, 0.4) is 0 Å². The lowest BCUT2D eigenvalue weighted by Crippen LogP contribution is -2.61. The van der Waals surface area contributed by atoms with E-state index in [4.69, 9.17) is 0 Å². The zero-order valence-corrected chi connectivity index (χ0v) is 12.9. The molecule has 1 aromatic rings. The molecule has 1 fully saturated rings. The second-order valence-electron chi connectivity index (χ2n) is 5.96. The average Bonchev–Trinajstić information content (AvgIpc) is 2.85. The topological polar surface area (TPSA) is 102 Å². The van der Waals surface area contributed by atoms with Crippen molar-refractivity contribution < 1.29 is 14.5 Å². The molecule has 0 aromatic carbocycles. The molecule has 2 amide bonds. The number of aromatic nitrogens is 2. The van der Waals surface area contributed by atoms with Crippen LogP contribution in [0.5, 0.6) is 0 Å². The molecule has 9 nitrogen and oxygen atoms in total. The molecule has 22 heavy (non-hydrogen) atoms. The van der Waals surface area contributed by atoms with Crippen LogP contribution in [0.15, 0.2) is 12.5 Å². The molecule has 2 heterocycles. The van der Waals surface area contributed by atoms with Gasteiger partial charge in [-0.25, -0.2) is 0 Å². The second kappa shape index (κ2) is 5.74. The molecule has 0 unspecified atom stereocenters. The molecule has 0 atom stereocenters. The van der Waals surface area contributed by atoms with Crippen molar-refractivity contribution in [1.29, 1.82) is 0 Å². The number of carbonyl (C=O) groups excluding carboxylic acids is 2. The van der Waals surface area contributed by atoms with Crippen LogP contribution in [-0.2, 0) is 16.1 Å². The molecule has 2 rings (SSSR count). The van der Waals surface area contributed by atoms with E-state index in [0.717, 1.165) is 0 Å². The standard InChI is InChI=1S/C13H19N5O4/c1-10(19)17-5-4-16(8-13(17,2)3)12(20)7-15-6-11(14-9-15)18(21)22/h6,9H,4-5,7-8H2,1-3H3. The van der Waals surface area contributed by atoms with Crippen molar-refractivity contribution in [3.05, 3.63) is 22.6 Å². The molecular formula is C13H19N5O4. The van der Waals surface area contributed by atoms with Gasteiger partial charge in [0.15, 0.2) is 0 Å². The van der Waals surface area contributed by atoms with Gasteiger partial charge in [0.05, 0.1) is 5.54 Å². The van der Waals surface area contributed by atoms with Gasteiger partial charge in [-0.05, 0) is 23.8 Å². The first-order chi connectivity index (χ1) is 10.2. The summed E-state index contributed by atoms with van der Waals surface area (Å²) >= 11 is 0. The fourth-order valence-electron chi connectivity index (χ4n) is 2.74. The monoisotopic (exact) mass is 309 g/mol. The summed E-state index contributed by atoms with van der Waals surface area (Å²) in [7, 11) is 0. The van der Waals surface area contributed by atoms with Gasteiger partial charge in [0, 0.05) is 26.6 Å². The lowest BCUT2D eigenvalue weighted by atomic mass is 9.98. The highest BCUT2D eigenvalue weighted by molar-refractivity contribution is 5.78. The van der Waals surface area contributed by atoms with Gasteiger partial charge in [-0.3, -0.25) is 9.59 Å². The fraction of sp³-hybridized carbons (Fsp3) is 0.615. The first kappa shape index (κ1) is 15.9. The number of piperazine rings is 1. The lowest BCUT2D eigenvalue weighted by molar-refractivity contribution is -0.389. The Hall–Kier alpha value is -2.45. The fourth-order valence-corrected chi connectivity index (χ4v) is 2.74. The zero-order valence-electron chi connectivity index (χ0n) is 12.9. The minimum atomic E-state index is -0.601. The second-order valence-corrected chi connectivity index (χ2v) is 5.96. The van der Waals surface area contributed by atoms with Crippen LogP contribution in [0, 0.1) is 10.1 Å². The van der Waals surface area contributed by atoms with E-state index in [1.165, 1.54) is 24.0 Å². The SMILES string of the molecule is CC(=O)N1CCN(C(=O)Cn2cnc([N+](=O)[O-])c2)CC1(C)C. The number of nitro groups is 1. The molecule has 120 valence electrons. The number of nitrogens with zero attached hydrogens (tertiary/aromatic N) is 5. The van der Waals surface area contributed by atoms with Crippen LogP contribution in [0.1, 0.15) is 20.8 Å². The smallest absolute Gasteiger partial charge is 0.358 e. The van der Waals surface area contributed by atoms with Gasteiger partial charge < -0.3 is 24.5 Å². The summed E-state index contributed by atoms with van der Waals surface area (Å²) < 4.78 is 1.39. The molecule has 9 heteroatoms. The third-order valence-electron chi connectivity index (χ3n) is 3.76. The van der Waals surface area contributed by atoms with Gasteiger partial charge in [0.2, 0.25) is 18.1 Å². The predicted octanol–water partition coefficient (Wildman–Crippen LogP) is 0.261. The van der Waals surface area contributed by atoms with Crippen LogP contribution in [-0.4, -0.2) is 61.3 Å². The molecule has 0 aliphatic carbocycles. The summed E-state index contributed by atoms with van der Waals surface area (Å²) in [6.45, 7) is 6.71. The summed E-state index contributed by atoms with van der Waals surface area (Å²) in [5.74, 6) is -0.444. The zero-order chi connectivity index (χ0) is 16.5. The summed E-state index contributed by atoms with van der Waals surface area (Å²) in [6, 6.07) is 0. The molecule has 0 saturated carbocycles.